The Bertz CT molecular complexity index is 603. The summed E-state index contributed by atoms with van der Waals surface area (Å²) in [6.07, 6.45) is 10.4. The maximum absolute atomic E-state index is 13.3. The second-order valence-electron chi connectivity index (χ2n) is 11.7. The van der Waals surface area contributed by atoms with Crippen LogP contribution in [0.25, 0.3) is 0 Å². The Morgan fingerprint density at radius 2 is 1.59 bits per heavy atom. The molecule has 2 heterocycles. The monoisotopic (exact) mass is 448 g/mol. The minimum atomic E-state index is -0.0220. The van der Waals surface area contributed by atoms with Crippen molar-refractivity contribution in [1.29, 1.82) is 0 Å². The maximum Gasteiger partial charge on any atom is 0.237 e. The van der Waals surface area contributed by atoms with Crippen LogP contribution in [0.4, 0.5) is 0 Å². The third-order valence-corrected chi connectivity index (χ3v) is 7.72. The largest absolute Gasteiger partial charge is 0.355 e. The van der Waals surface area contributed by atoms with E-state index in [1.54, 1.807) is 0 Å². The summed E-state index contributed by atoms with van der Waals surface area (Å²) in [6.45, 7) is 14.9. The van der Waals surface area contributed by atoms with Gasteiger partial charge in [0.1, 0.15) is 0 Å². The van der Waals surface area contributed by atoms with Gasteiger partial charge in [-0.05, 0) is 56.9 Å². The second-order valence-corrected chi connectivity index (χ2v) is 11.7. The fraction of sp³-hybridized carbons (Fsp3) is 0.923. The molecule has 0 spiro atoms. The zero-order valence-electron chi connectivity index (χ0n) is 21.2. The summed E-state index contributed by atoms with van der Waals surface area (Å²) >= 11 is 0. The van der Waals surface area contributed by atoms with Gasteiger partial charge in [0.2, 0.25) is 11.8 Å². The van der Waals surface area contributed by atoms with Gasteiger partial charge in [-0.1, -0.05) is 40.0 Å². The van der Waals surface area contributed by atoms with Crippen LogP contribution in [0.5, 0.6) is 0 Å². The molecule has 0 aromatic heterocycles. The molecule has 6 nitrogen and oxygen atoms in total. The minimum Gasteiger partial charge on any atom is -0.355 e. The van der Waals surface area contributed by atoms with Crippen molar-refractivity contribution in [3.63, 3.8) is 0 Å². The summed E-state index contributed by atoms with van der Waals surface area (Å²) < 4.78 is 0. The molecule has 1 N–H and O–H groups in total. The number of nitrogens with one attached hydrogen (secondary N) is 1. The zero-order valence-corrected chi connectivity index (χ0v) is 21.2. The summed E-state index contributed by atoms with van der Waals surface area (Å²) in [4.78, 5) is 32.9. The highest BCUT2D eigenvalue weighted by Gasteiger charge is 2.37. The molecule has 0 aromatic carbocycles. The Morgan fingerprint density at radius 3 is 2.22 bits per heavy atom. The van der Waals surface area contributed by atoms with Crippen LogP contribution in [0.1, 0.15) is 85.5 Å². The summed E-state index contributed by atoms with van der Waals surface area (Å²) in [6, 6.07) is 0.661. The molecule has 3 fully saturated rings. The van der Waals surface area contributed by atoms with E-state index in [4.69, 9.17) is 0 Å². The average molecular weight is 449 g/mol. The van der Waals surface area contributed by atoms with Crippen LogP contribution in [0.2, 0.25) is 0 Å². The first-order valence-electron chi connectivity index (χ1n) is 13.3. The molecule has 184 valence electrons. The second kappa shape index (κ2) is 11.8. The van der Waals surface area contributed by atoms with Crippen LogP contribution in [0, 0.1) is 11.3 Å². The fourth-order valence-electron chi connectivity index (χ4n) is 5.85. The van der Waals surface area contributed by atoms with Gasteiger partial charge < -0.3 is 15.1 Å². The van der Waals surface area contributed by atoms with Crippen LogP contribution in [-0.2, 0) is 9.59 Å². The molecule has 0 unspecified atom stereocenters. The Morgan fingerprint density at radius 1 is 0.938 bits per heavy atom. The van der Waals surface area contributed by atoms with Crippen LogP contribution in [0.15, 0.2) is 0 Å². The van der Waals surface area contributed by atoms with E-state index in [-0.39, 0.29) is 23.3 Å². The number of carbonyl (C=O) groups excluding carboxylic acids is 2. The Balaban J connectivity index is 1.48. The van der Waals surface area contributed by atoms with Crippen molar-refractivity contribution in [3.8, 4) is 0 Å². The zero-order chi connectivity index (χ0) is 23.1. The van der Waals surface area contributed by atoms with Gasteiger partial charge in [0.15, 0.2) is 0 Å². The van der Waals surface area contributed by atoms with Gasteiger partial charge in [-0.2, -0.15) is 0 Å². The van der Waals surface area contributed by atoms with Gasteiger partial charge in [0, 0.05) is 51.7 Å². The normalized spacial score (nSPS) is 25.1. The van der Waals surface area contributed by atoms with Crippen molar-refractivity contribution in [3.05, 3.63) is 0 Å². The van der Waals surface area contributed by atoms with Crippen molar-refractivity contribution < 1.29 is 9.59 Å². The number of amides is 2. The van der Waals surface area contributed by atoms with E-state index in [0.29, 0.717) is 18.4 Å². The van der Waals surface area contributed by atoms with Crippen LogP contribution >= 0.6 is 0 Å². The number of likely N-dealkylation sites (tertiary alicyclic amines) is 1. The van der Waals surface area contributed by atoms with Crippen molar-refractivity contribution in [2.75, 3.05) is 45.8 Å². The molecule has 1 saturated carbocycles. The smallest absolute Gasteiger partial charge is 0.237 e. The van der Waals surface area contributed by atoms with E-state index < -0.39 is 0 Å². The topological polar surface area (TPSA) is 55.9 Å². The minimum absolute atomic E-state index is 0.0203. The van der Waals surface area contributed by atoms with Crippen molar-refractivity contribution in [1.82, 2.24) is 20.0 Å². The van der Waals surface area contributed by atoms with Crippen molar-refractivity contribution in [2.24, 2.45) is 11.3 Å². The highest BCUT2D eigenvalue weighted by Crippen LogP contribution is 2.31. The van der Waals surface area contributed by atoms with E-state index in [1.165, 1.54) is 38.6 Å². The number of carbonyl (C=O) groups is 2. The van der Waals surface area contributed by atoms with Crippen molar-refractivity contribution in [2.45, 2.75) is 97.6 Å². The van der Waals surface area contributed by atoms with Gasteiger partial charge in [-0.25, -0.2) is 0 Å². The fourth-order valence-corrected chi connectivity index (χ4v) is 5.85. The Kier molecular flexibility index (Phi) is 9.42. The SMILES string of the molecule is C[C@H]1CCCCN1CCCNC(=O)[C@@H](C1CCCC1)N1CCN(C(=O)CC(C)(C)C)CC1. The standard InChI is InChI=1S/C26H48N4O2/c1-21-10-7-8-14-28(21)15-9-13-27-25(32)24(22-11-5-6-12-22)30-18-16-29(17-19-30)23(31)20-26(2,3)4/h21-22,24H,5-20H2,1-4H3,(H,27,32)/t21-,24+/m0/s1. The molecule has 32 heavy (non-hydrogen) atoms. The molecule has 0 aromatic rings. The molecule has 2 saturated heterocycles. The first-order chi connectivity index (χ1) is 15.2. The quantitative estimate of drug-likeness (QED) is 0.578. The lowest BCUT2D eigenvalue weighted by molar-refractivity contribution is -0.136. The summed E-state index contributed by atoms with van der Waals surface area (Å²) in [7, 11) is 0. The van der Waals surface area contributed by atoms with Gasteiger partial charge >= 0.3 is 0 Å². The van der Waals surface area contributed by atoms with Gasteiger partial charge in [-0.15, -0.1) is 0 Å². The van der Waals surface area contributed by atoms with Gasteiger partial charge in [-0.3, -0.25) is 14.5 Å². The Labute approximate surface area is 196 Å². The van der Waals surface area contributed by atoms with Gasteiger partial charge in [0.25, 0.3) is 0 Å². The highest BCUT2D eigenvalue weighted by molar-refractivity contribution is 5.82. The number of piperazine rings is 1. The van der Waals surface area contributed by atoms with E-state index in [1.807, 2.05) is 4.90 Å². The molecule has 6 heteroatoms. The highest BCUT2D eigenvalue weighted by atomic mass is 16.2. The molecule has 0 bridgehead atoms. The molecule has 2 aliphatic heterocycles. The van der Waals surface area contributed by atoms with Gasteiger partial charge in [0.05, 0.1) is 6.04 Å². The molecule has 3 rings (SSSR count). The predicted molar refractivity (Wildman–Crippen MR) is 130 cm³/mol. The van der Waals surface area contributed by atoms with Crippen molar-refractivity contribution >= 4 is 11.8 Å². The molecule has 2 atom stereocenters. The lowest BCUT2D eigenvalue weighted by Crippen LogP contribution is -2.58. The summed E-state index contributed by atoms with van der Waals surface area (Å²) in [5, 5.41) is 3.29. The third-order valence-electron chi connectivity index (χ3n) is 7.72. The summed E-state index contributed by atoms with van der Waals surface area (Å²) in [5.74, 6) is 0.943. The van der Waals surface area contributed by atoms with E-state index in [0.717, 1.165) is 58.5 Å². The summed E-state index contributed by atoms with van der Waals surface area (Å²) in [5.41, 5.74) is 0.0203. The number of hydrogen-bond acceptors (Lipinski definition) is 4. The lowest BCUT2D eigenvalue weighted by atomic mass is 9.91. The first-order valence-corrected chi connectivity index (χ1v) is 13.3. The molecule has 3 aliphatic rings. The molecule has 1 aliphatic carbocycles. The van der Waals surface area contributed by atoms with Crippen LogP contribution in [-0.4, -0.2) is 84.4 Å². The average Bonchev–Trinajstić information content (AvgIpc) is 3.26. The van der Waals surface area contributed by atoms with Crippen LogP contribution in [0.3, 0.4) is 0 Å². The predicted octanol–water partition coefficient (Wildman–Crippen LogP) is 3.51. The number of piperidine rings is 1. The Hall–Kier alpha value is -1.14. The van der Waals surface area contributed by atoms with E-state index in [9.17, 15) is 9.59 Å². The molecular formula is C26H48N4O2. The maximum atomic E-state index is 13.3. The molecular weight excluding hydrogens is 400 g/mol. The first kappa shape index (κ1) is 25.5. The lowest BCUT2D eigenvalue weighted by Gasteiger charge is -2.41. The van der Waals surface area contributed by atoms with E-state index >= 15 is 0 Å². The molecule has 0 radical (unpaired) electrons. The number of rotatable bonds is 8. The number of hydrogen-bond donors (Lipinski definition) is 1. The number of nitrogens with zero attached hydrogens (tertiary/aromatic N) is 3. The van der Waals surface area contributed by atoms with E-state index in [2.05, 4.69) is 42.8 Å². The molecule has 2 amide bonds. The van der Waals surface area contributed by atoms with Crippen LogP contribution < -0.4 is 5.32 Å². The third kappa shape index (κ3) is 7.44.